The van der Waals surface area contributed by atoms with Crippen LogP contribution in [0.4, 0.5) is 0 Å². The third-order valence-electron chi connectivity index (χ3n) is 3.73. The first kappa shape index (κ1) is 18.5. The summed E-state index contributed by atoms with van der Waals surface area (Å²) in [5, 5.41) is 2.03. The topological polar surface area (TPSA) is 55.3 Å². The van der Waals surface area contributed by atoms with Gasteiger partial charge in [0.15, 0.2) is 0 Å². The fraction of sp³-hybridized carbons (Fsp3) is 0.500. The summed E-state index contributed by atoms with van der Waals surface area (Å²) in [7, 11) is 0. The van der Waals surface area contributed by atoms with E-state index in [2.05, 4.69) is 16.8 Å². The fourth-order valence-electron chi connectivity index (χ4n) is 2.52. The van der Waals surface area contributed by atoms with Gasteiger partial charge in [0.2, 0.25) is 5.89 Å². The van der Waals surface area contributed by atoms with Crippen LogP contribution in [0.15, 0.2) is 28.2 Å². The van der Waals surface area contributed by atoms with E-state index in [9.17, 15) is 0 Å². The second-order valence-corrected chi connectivity index (χ2v) is 6.23. The summed E-state index contributed by atoms with van der Waals surface area (Å²) in [6.07, 6.45) is 2.84. The van der Waals surface area contributed by atoms with Crippen molar-refractivity contribution in [2.75, 3.05) is 13.1 Å². The van der Waals surface area contributed by atoms with Gasteiger partial charge < -0.3 is 10.2 Å². The van der Waals surface area contributed by atoms with E-state index < -0.39 is 0 Å². The first-order chi connectivity index (χ1) is 9.22. The van der Waals surface area contributed by atoms with Gasteiger partial charge >= 0.3 is 0 Å². The molecule has 2 unspecified atom stereocenters. The zero-order valence-corrected chi connectivity index (χ0v) is 14.3. The van der Waals surface area contributed by atoms with Gasteiger partial charge in [-0.2, -0.15) is 0 Å². The van der Waals surface area contributed by atoms with Crippen LogP contribution in [0.25, 0.3) is 10.8 Å². The zero-order chi connectivity index (χ0) is 13.2. The number of hydrogen-bond donors (Lipinski definition) is 1. The Morgan fingerprint density at radius 1 is 1.48 bits per heavy atom. The Morgan fingerprint density at radius 2 is 2.29 bits per heavy atom. The first-order valence-electron chi connectivity index (χ1n) is 6.68. The van der Waals surface area contributed by atoms with Crippen LogP contribution in [-0.4, -0.2) is 29.0 Å². The largest absolute Gasteiger partial charge is 0.444 e. The Hall–Kier alpha value is -0.590. The maximum atomic E-state index is 6.04. The Morgan fingerprint density at radius 3 is 2.95 bits per heavy atom. The molecule has 0 spiro atoms. The molecule has 0 amide bonds. The maximum Gasteiger partial charge on any atom is 0.236 e. The summed E-state index contributed by atoms with van der Waals surface area (Å²) >= 11 is 1.65. The number of halogens is 2. The lowest BCUT2D eigenvalue weighted by molar-refractivity contribution is 0.156. The van der Waals surface area contributed by atoms with Crippen molar-refractivity contribution in [2.45, 2.75) is 25.9 Å². The highest BCUT2D eigenvalue weighted by molar-refractivity contribution is 7.13. The molecule has 2 aromatic rings. The zero-order valence-electron chi connectivity index (χ0n) is 11.9. The van der Waals surface area contributed by atoms with Crippen molar-refractivity contribution in [3.05, 3.63) is 29.5 Å². The normalized spacial score (nSPS) is 22.4. The van der Waals surface area contributed by atoms with Crippen LogP contribution >= 0.6 is 36.2 Å². The minimum atomic E-state index is 0. The van der Waals surface area contributed by atoms with Crippen LogP contribution in [0, 0.1) is 5.92 Å². The molecule has 4 nitrogen and oxygen atoms in total. The van der Waals surface area contributed by atoms with Gasteiger partial charge in [0.05, 0.1) is 10.6 Å². The monoisotopic (exact) mass is 349 g/mol. The summed E-state index contributed by atoms with van der Waals surface area (Å²) in [6, 6.07) is 4.38. The number of piperidine rings is 1. The number of nitrogens with two attached hydrogens (primary N) is 1. The van der Waals surface area contributed by atoms with Crippen molar-refractivity contribution < 1.29 is 4.42 Å². The lowest BCUT2D eigenvalue weighted by atomic mass is 9.95. The molecular weight excluding hydrogens is 329 g/mol. The predicted molar refractivity (Wildman–Crippen MR) is 91.3 cm³/mol. The highest BCUT2D eigenvalue weighted by Gasteiger charge is 2.23. The molecule has 1 aliphatic heterocycles. The van der Waals surface area contributed by atoms with Crippen LogP contribution < -0.4 is 5.73 Å². The molecule has 3 heterocycles. The van der Waals surface area contributed by atoms with Crippen molar-refractivity contribution in [1.29, 1.82) is 0 Å². The van der Waals surface area contributed by atoms with E-state index in [0.29, 0.717) is 12.0 Å². The second-order valence-electron chi connectivity index (χ2n) is 5.29. The smallest absolute Gasteiger partial charge is 0.236 e. The standard InChI is InChI=1S/C14H19N3OS.2ClH/c1-10-7-17(5-4-12(10)15)8-11-9-18-14(16-11)13-3-2-6-19-13;;/h2-3,6,9-10,12H,4-5,7-8,15H2,1H3;2*1H. The molecule has 0 bridgehead atoms. The van der Waals surface area contributed by atoms with E-state index >= 15 is 0 Å². The number of nitrogens with zero attached hydrogens (tertiary/aromatic N) is 2. The van der Waals surface area contributed by atoms with Crippen LogP contribution in [-0.2, 0) is 6.54 Å². The molecule has 118 valence electrons. The van der Waals surface area contributed by atoms with Crippen molar-refractivity contribution in [3.8, 4) is 10.8 Å². The molecule has 21 heavy (non-hydrogen) atoms. The molecule has 1 aliphatic rings. The molecule has 7 heteroatoms. The molecule has 0 aromatic carbocycles. The van der Waals surface area contributed by atoms with E-state index in [4.69, 9.17) is 10.2 Å². The molecule has 0 aliphatic carbocycles. The van der Waals surface area contributed by atoms with E-state index in [0.717, 1.165) is 42.5 Å². The predicted octanol–water partition coefficient (Wildman–Crippen LogP) is 3.42. The van der Waals surface area contributed by atoms with E-state index in [1.54, 1.807) is 17.6 Å². The van der Waals surface area contributed by atoms with Gasteiger partial charge in [0.1, 0.15) is 6.26 Å². The van der Waals surface area contributed by atoms with Gasteiger partial charge in [-0.3, -0.25) is 4.90 Å². The van der Waals surface area contributed by atoms with E-state index in [1.165, 1.54) is 0 Å². The van der Waals surface area contributed by atoms with Crippen LogP contribution in [0.3, 0.4) is 0 Å². The molecule has 0 saturated carbocycles. The van der Waals surface area contributed by atoms with E-state index in [1.807, 2.05) is 17.5 Å². The number of rotatable bonds is 3. The van der Waals surface area contributed by atoms with Crippen LogP contribution in [0.1, 0.15) is 19.0 Å². The van der Waals surface area contributed by atoms with Crippen molar-refractivity contribution in [3.63, 3.8) is 0 Å². The summed E-state index contributed by atoms with van der Waals surface area (Å²) in [5.74, 6) is 1.28. The molecule has 2 N–H and O–H groups in total. The summed E-state index contributed by atoms with van der Waals surface area (Å²) in [5.41, 5.74) is 7.05. The number of thiophene rings is 1. The van der Waals surface area contributed by atoms with Gasteiger partial charge in [-0.15, -0.1) is 36.2 Å². The Balaban J connectivity index is 0.00000110. The minimum absolute atomic E-state index is 0. The molecule has 0 radical (unpaired) electrons. The minimum Gasteiger partial charge on any atom is -0.444 e. The van der Waals surface area contributed by atoms with E-state index in [-0.39, 0.29) is 24.8 Å². The summed E-state index contributed by atoms with van der Waals surface area (Å²) in [6.45, 7) is 5.16. The van der Waals surface area contributed by atoms with Crippen molar-refractivity contribution in [1.82, 2.24) is 9.88 Å². The fourth-order valence-corrected chi connectivity index (χ4v) is 3.17. The molecule has 1 saturated heterocycles. The number of hydrogen-bond acceptors (Lipinski definition) is 5. The van der Waals surface area contributed by atoms with Crippen LogP contribution in [0.5, 0.6) is 0 Å². The Kier molecular flexibility index (Phi) is 7.16. The summed E-state index contributed by atoms with van der Waals surface area (Å²) < 4.78 is 5.55. The Bertz CT molecular complexity index is 532. The number of likely N-dealkylation sites (tertiary alicyclic amines) is 1. The molecule has 3 rings (SSSR count). The molecule has 2 atom stereocenters. The average Bonchev–Trinajstić information content (AvgIpc) is 3.04. The number of oxazole rings is 1. The van der Waals surface area contributed by atoms with Crippen LogP contribution in [0.2, 0.25) is 0 Å². The average molecular weight is 350 g/mol. The molecule has 1 fully saturated rings. The first-order valence-corrected chi connectivity index (χ1v) is 7.56. The lowest BCUT2D eigenvalue weighted by Crippen LogP contribution is -2.45. The molecular formula is C14H21Cl2N3OS. The van der Waals surface area contributed by atoms with Gasteiger partial charge in [0, 0.05) is 25.7 Å². The number of aromatic nitrogens is 1. The van der Waals surface area contributed by atoms with Gasteiger partial charge in [-0.25, -0.2) is 4.98 Å². The maximum absolute atomic E-state index is 6.04. The van der Waals surface area contributed by atoms with Crippen molar-refractivity contribution >= 4 is 36.2 Å². The Labute approximate surface area is 141 Å². The summed E-state index contributed by atoms with van der Waals surface area (Å²) in [4.78, 5) is 8.05. The SMILES string of the molecule is CC1CN(Cc2coc(-c3cccs3)n2)CCC1N.Cl.Cl. The highest BCUT2D eigenvalue weighted by Crippen LogP contribution is 2.24. The highest BCUT2D eigenvalue weighted by atomic mass is 35.5. The molecule has 2 aromatic heterocycles. The quantitative estimate of drug-likeness (QED) is 0.922. The van der Waals surface area contributed by atoms with Crippen molar-refractivity contribution in [2.24, 2.45) is 11.7 Å². The van der Waals surface area contributed by atoms with Gasteiger partial charge in [0.25, 0.3) is 0 Å². The lowest BCUT2D eigenvalue weighted by Gasteiger charge is -2.34. The van der Waals surface area contributed by atoms with Gasteiger partial charge in [-0.1, -0.05) is 13.0 Å². The third kappa shape index (κ3) is 4.44. The van der Waals surface area contributed by atoms with Gasteiger partial charge in [-0.05, 0) is 23.8 Å². The second kappa shape index (κ2) is 8.15. The third-order valence-corrected chi connectivity index (χ3v) is 4.58.